The van der Waals surface area contributed by atoms with E-state index in [0.29, 0.717) is 29.4 Å². The predicted molar refractivity (Wildman–Crippen MR) is 86.0 cm³/mol. The molecule has 0 N–H and O–H groups in total. The standard InChI is InChI=1S/C17H21ClO5/c1-5-22-16(19)15-11(2)23-17(20-3,21-4)10-14(15)12-6-8-13(18)9-7-12/h6-9,14H,5,10H2,1-4H3. The van der Waals surface area contributed by atoms with E-state index in [1.807, 2.05) is 12.1 Å². The quantitative estimate of drug-likeness (QED) is 0.605. The first kappa shape index (κ1) is 17.8. The maximum atomic E-state index is 12.4. The summed E-state index contributed by atoms with van der Waals surface area (Å²) in [4.78, 5) is 12.4. The van der Waals surface area contributed by atoms with Crippen molar-refractivity contribution in [3.8, 4) is 0 Å². The lowest BCUT2D eigenvalue weighted by atomic mass is 9.85. The Hall–Kier alpha value is -1.56. The van der Waals surface area contributed by atoms with E-state index in [0.717, 1.165) is 5.56 Å². The van der Waals surface area contributed by atoms with Gasteiger partial charge in [-0.1, -0.05) is 23.7 Å². The third-order valence-electron chi connectivity index (χ3n) is 3.88. The van der Waals surface area contributed by atoms with Crippen LogP contribution in [0.1, 0.15) is 31.7 Å². The molecule has 2 rings (SSSR count). The number of ether oxygens (including phenoxy) is 4. The zero-order valence-corrected chi connectivity index (χ0v) is 14.5. The molecule has 126 valence electrons. The van der Waals surface area contributed by atoms with Crippen LogP contribution in [-0.2, 0) is 23.7 Å². The summed E-state index contributed by atoms with van der Waals surface area (Å²) >= 11 is 5.96. The van der Waals surface area contributed by atoms with Crippen molar-refractivity contribution in [2.75, 3.05) is 20.8 Å². The molecule has 1 atom stereocenters. The number of hydrogen-bond donors (Lipinski definition) is 0. The molecular weight excluding hydrogens is 320 g/mol. The first-order valence-corrected chi connectivity index (χ1v) is 7.76. The van der Waals surface area contributed by atoms with Gasteiger partial charge in [-0.3, -0.25) is 0 Å². The predicted octanol–water partition coefficient (Wildman–Crippen LogP) is 3.63. The lowest BCUT2D eigenvalue weighted by Crippen LogP contribution is -2.43. The number of hydrogen-bond acceptors (Lipinski definition) is 5. The van der Waals surface area contributed by atoms with Crippen LogP contribution < -0.4 is 0 Å². The Balaban J connectivity index is 2.49. The average Bonchev–Trinajstić information content (AvgIpc) is 2.54. The summed E-state index contributed by atoms with van der Waals surface area (Å²) in [5.74, 6) is -1.48. The molecule has 1 heterocycles. The molecule has 1 aromatic carbocycles. The van der Waals surface area contributed by atoms with Crippen LogP contribution in [0.2, 0.25) is 5.02 Å². The Kier molecular flexibility index (Phi) is 5.68. The molecule has 0 saturated carbocycles. The minimum absolute atomic E-state index is 0.278. The maximum absolute atomic E-state index is 12.4. The van der Waals surface area contributed by atoms with Crippen LogP contribution in [-0.4, -0.2) is 32.8 Å². The highest BCUT2D eigenvalue weighted by Gasteiger charge is 2.45. The number of rotatable bonds is 5. The molecule has 0 radical (unpaired) electrons. The van der Waals surface area contributed by atoms with Crippen molar-refractivity contribution in [2.45, 2.75) is 32.2 Å². The van der Waals surface area contributed by atoms with Crippen molar-refractivity contribution >= 4 is 17.6 Å². The number of methoxy groups -OCH3 is 2. The van der Waals surface area contributed by atoms with Crippen LogP contribution in [0, 0.1) is 0 Å². The van der Waals surface area contributed by atoms with Crippen LogP contribution in [0.15, 0.2) is 35.6 Å². The molecule has 0 saturated heterocycles. The number of halogens is 1. The number of carbonyl (C=O) groups is 1. The Morgan fingerprint density at radius 1 is 1.30 bits per heavy atom. The monoisotopic (exact) mass is 340 g/mol. The van der Waals surface area contributed by atoms with Crippen molar-refractivity contribution in [3.63, 3.8) is 0 Å². The molecule has 6 heteroatoms. The van der Waals surface area contributed by atoms with Gasteiger partial charge in [0.25, 0.3) is 0 Å². The van der Waals surface area contributed by atoms with E-state index in [9.17, 15) is 4.79 Å². The molecule has 0 amide bonds. The van der Waals surface area contributed by atoms with Gasteiger partial charge in [0.15, 0.2) is 0 Å². The first-order chi connectivity index (χ1) is 11.0. The number of carbonyl (C=O) groups excluding carboxylic acids is 1. The van der Waals surface area contributed by atoms with Crippen molar-refractivity contribution in [1.29, 1.82) is 0 Å². The molecule has 5 nitrogen and oxygen atoms in total. The second-order valence-corrected chi connectivity index (χ2v) is 5.63. The molecule has 0 aromatic heterocycles. The van der Waals surface area contributed by atoms with Gasteiger partial charge in [0.05, 0.1) is 18.6 Å². The number of benzene rings is 1. The molecule has 1 aliphatic rings. The van der Waals surface area contributed by atoms with Gasteiger partial charge in [-0.2, -0.15) is 0 Å². The van der Waals surface area contributed by atoms with Gasteiger partial charge in [0, 0.05) is 25.2 Å². The third-order valence-corrected chi connectivity index (χ3v) is 4.13. The van der Waals surface area contributed by atoms with E-state index < -0.39 is 11.9 Å². The molecule has 1 aliphatic heterocycles. The number of allylic oxidation sites excluding steroid dienone is 1. The highest BCUT2D eigenvalue weighted by Crippen LogP contribution is 2.43. The normalized spacial score (nSPS) is 20.1. The van der Waals surface area contributed by atoms with Crippen LogP contribution in [0.5, 0.6) is 0 Å². The molecule has 0 aliphatic carbocycles. The zero-order valence-electron chi connectivity index (χ0n) is 13.7. The van der Waals surface area contributed by atoms with Crippen LogP contribution in [0.25, 0.3) is 0 Å². The number of esters is 1. The lowest BCUT2D eigenvalue weighted by molar-refractivity contribution is -0.355. The molecule has 0 spiro atoms. The topological polar surface area (TPSA) is 54.0 Å². The highest BCUT2D eigenvalue weighted by atomic mass is 35.5. The average molecular weight is 341 g/mol. The minimum Gasteiger partial charge on any atom is -0.463 e. The summed E-state index contributed by atoms with van der Waals surface area (Å²) in [6, 6.07) is 7.32. The molecule has 1 unspecified atom stereocenters. The van der Waals surface area contributed by atoms with Crippen LogP contribution >= 0.6 is 11.6 Å². The van der Waals surface area contributed by atoms with E-state index in [4.69, 9.17) is 30.5 Å². The molecule has 1 aromatic rings. The van der Waals surface area contributed by atoms with Gasteiger partial charge in [-0.15, -0.1) is 0 Å². The molecular formula is C17H21ClO5. The SMILES string of the molecule is CCOC(=O)C1=C(C)OC(OC)(OC)CC1c1ccc(Cl)cc1. The van der Waals surface area contributed by atoms with E-state index in [2.05, 4.69) is 0 Å². The van der Waals surface area contributed by atoms with E-state index in [1.54, 1.807) is 26.0 Å². The van der Waals surface area contributed by atoms with E-state index in [1.165, 1.54) is 14.2 Å². The third kappa shape index (κ3) is 3.68. The van der Waals surface area contributed by atoms with Gasteiger partial charge in [0.1, 0.15) is 5.76 Å². The largest absolute Gasteiger partial charge is 0.463 e. The molecule has 0 fully saturated rings. The van der Waals surface area contributed by atoms with Crippen LogP contribution in [0.4, 0.5) is 0 Å². The van der Waals surface area contributed by atoms with Crippen molar-refractivity contribution in [3.05, 3.63) is 46.2 Å². The van der Waals surface area contributed by atoms with Gasteiger partial charge < -0.3 is 18.9 Å². The summed E-state index contributed by atoms with van der Waals surface area (Å²) in [5.41, 5.74) is 1.39. The second-order valence-electron chi connectivity index (χ2n) is 5.19. The zero-order chi connectivity index (χ0) is 17.0. The summed E-state index contributed by atoms with van der Waals surface area (Å²) in [7, 11) is 3.01. The fourth-order valence-electron chi connectivity index (χ4n) is 2.74. The van der Waals surface area contributed by atoms with Crippen molar-refractivity contribution < 1.29 is 23.7 Å². The smallest absolute Gasteiger partial charge is 0.338 e. The van der Waals surface area contributed by atoms with Crippen molar-refractivity contribution in [1.82, 2.24) is 0 Å². The fraction of sp³-hybridized carbons (Fsp3) is 0.471. The fourth-order valence-corrected chi connectivity index (χ4v) is 2.86. The second kappa shape index (κ2) is 7.34. The molecule has 23 heavy (non-hydrogen) atoms. The lowest BCUT2D eigenvalue weighted by Gasteiger charge is -2.39. The van der Waals surface area contributed by atoms with Crippen molar-refractivity contribution in [2.24, 2.45) is 0 Å². The summed E-state index contributed by atoms with van der Waals surface area (Å²) in [6.45, 7) is 3.77. The Morgan fingerprint density at radius 2 is 1.91 bits per heavy atom. The van der Waals surface area contributed by atoms with E-state index in [-0.39, 0.29) is 5.92 Å². The minimum atomic E-state index is -1.23. The van der Waals surface area contributed by atoms with E-state index >= 15 is 0 Å². The summed E-state index contributed by atoms with van der Waals surface area (Å²) in [6.07, 6.45) is 0.327. The van der Waals surface area contributed by atoms with Crippen LogP contribution in [0.3, 0.4) is 0 Å². The Bertz CT molecular complexity index is 590. The van der Waals surface area contributed by atoms with Gasteiger partial charge in [-0.05, 0) is 31.5 Å². The van der Waals surface area contributed by atoms with Gasteiger partial charge >= 0.3 is 11.9 Å². The molecule has 0 bridgehead atoms. The Morgan fingerprint density at radius 3 is 2.43 bits per heavy atom. The maximum Gasteiger partial charge on any atom is 0.338 e. The van der Waals surface area contributed by atoms with Gasteiger partial charge in [-0.25, -0.2) is 4.79 Å². The summed E-state index contributed by atoms with van der Waals surface area (Å²) in [5, 5.41) is 0.629. The highest BCUT2D eigenvalue weighted by molar-refractivity contribution is 6.30. The van der Waals surface area contributed by atoms with Gasteiger partial charge in [0.2, 0.25) is 0 Å². The Labute approximate surface area is 141 Å². The summed E-state index contributed by atoms with van der Waals surface area (Å²) < 4.78 is 21.7. The first-order valence-electron chi connectivity index (χ1n) is 7.39.